The van der Waals surface area contributed by atoms with Crippen LogP contribution in [0.4, 0.5) is 0 Å². The van der Waals surface area contributed by atoms with Crippen LogP contribution in [0.3, 0.4) is 0 Å². The summed E-state index contributed by atoms with van der Waals surface area (Å²) in [5.41, 5.74) is 0.551. The van der Waals surface area contributed by atoms with Crippen LogP contribution in [0, 0.1) is 0 Å². The third-order valence-electron chi connectivity index (χ3n) is 3.54. The maximum absolute atomic E-state index is 12.2. The lowest BCUT2D eigenvalue weighted by Gasteiger charge is -2.36. The van der Waals surface area contributed by atoms with E-state index in [0.29, 0.717) is 40.9 Å². The first-order valence-electron chi connectivity index (χ1n) is 6.85. The molecule has 0 aliphatic carbocycles. The van der Waals surface area contributed by atoms with Gasteiger partial charge in [0, 0.05) is 25.5 Å². The van der Waals surface area contributed by atoms with E-state index in [4.69, 9.17) is 8.94 Å². The summed E-state index contributed by atoms with van der Waals surface area (Å²) in [6, 6.07) is 3.33. The molecule has 1 amide bonds. The molecule has 4 rings (SSSR count). The second-order valence-electron chi connectivity index (χ2n) is 5.06. The van der Waals surface area contributed by atoms with Gasteiger partial charge >= 0.3 is 0 Å². The highest BCUT2D eigenvalue weighted by Gasteiger charge is 2.37. The summed E-state index contributed by atoms with van der Waals surface area (Å²) < 4.78 is 11.1. The van der Waals surface area contributed by atoms with Gasteiger partial charge in [-0.25, -0.2) is 4.98 Å². The Kier molecular flexibility index (Phi) is 3.41. The maximum atomic E-state index is 12.2. The van der Waals surface area contributed by atoms with Crippen molar-refractivity contribution in [3.8, 4) is 11.5 Å². The molecule has 116 valence electrons. The minimum atomic E-state index is -0.152. The van der Waals surface area contributed by atoms with Crippen molar-refractivity contribution >= 4 is 21.8 Å². The zero-order valence-electron chi connectivity index (χ0n) is 11.7. The molecule has 4 heterocycles. The molecule has 0 unspecified atom stereocenters. The number of likely N-dealkylation sites (tertiary alicyclic amines) is 1. The molecular weight excluding hydrogens is 366 g/mol. The molecule has 1 saturated heterocycles. The highest BCUT2D eigenvalue weighted by molar-refractivity contribution is 9.10. The van der Waals surface area contributed by atoms with E-state index in [1.807, 2.05) is 0 Å². The number of hydrogen-bond donors (Lipinski definition) is 0. The minimum Gasteiger partial charge on any atom is -0.444 e. The van der Waals surface area contributed by atoms with Gasteiger partial charge in [-0.15, -0.1) is 0 Å². The topological polar surface area (TPSA) is 98.2 Å². The molecule has 0 spiro atoms. The first-order valence-corrected chi connectivity index (χ1v) is 7.64. The SMILES string of the molecule is O=C(c1ccc(Br)o1)N1CC(c2nc(-c3cnccn3)no2)C1. The average Bonchev–Trinajstić information content (AvgIpc) is 3.16. The van der Waals surface area contributed by atoms with Crippen molar-refractivity contribution in [2.75, 3.05) is 13.1 Å². The molecule has 0 aromatic carbocycles. The van der Waals surface area contributed by atoms with Gasteiger partial charge in [0.15, 0.2) is 10.4 Å². The van der Waals surface area contributed by atoms with Crippen LogP contribution in [0.25, 0.3) is 11.5 Å². The number of hydrogen-bond acceptors (Lipinski definition) is 7. The fraction of sp³-hybridized carbons (Fsp3) is 0.214. The van der Waals surface area contributed by atoms with Crippen LogP contribution < -0.4 is 0 Å². The summed E-state index contributed by atoms with van der Waals surface area (Å²) in [5, 5.41) is 3.90. The average molecular weight is 376 g/mol. The smallest absolute Gasteiger partial charge is 0.289 e. The van der Waals surface area contributed by atoms with Gasteiger partial charge in [-0.1, -0.05) is 5.16 Å². The minimum absolute atomic E-state index is 0.0234. The number of amides is 1. The Balaban J connectivity index is 1.42. The van der Waals surface area contributed by atoms with E-state index >= 15 is 0 Å². The highest BCUT2D eigenvalue weighted by atomic mass is 79.9. The largest absolute Gasteiger partial charge is 0.444 e. The van der Waals surface area contributed by atoms with Crippen molar-refractivity contribution in [2.24, 2.45) is 0 Å². The van der Waals surface area contributed by atoms with Gasteiger partial charge in [0.1, 0.15) is 5.69 Å². The highest BCUT2D eigenvalue weighted by Crippen LogP contribution is 2.29. The van der Waals surface area contributed by atoms with E-state index in [1.165, 1.54) is 0 Å². The van der Waals surface area contributed by atoms with E-state index in [1.54, 1.807) is 35.6 Å². The standard InChI is InChI=1S/C14H10BrN5O3/c15-11-2-1-10(22-11)14(21)20-6-8(7-20)13-18-12(19-23-13)9-5-16-3-4-17-9/h1-5,8H,6-7H2. The van der Waals surface area contributed by atoms with Crippen LogP contribution in [0.5, 0.6) is 0 Å². The summed E-state index contributed by atoms with van der Waals surface area (Å²) in [4.78, 5) is 26.3. The van der Waals surface area contributed by atoms with E-state index in [0.717, 1.165) is 0 Å². The molecule has 3 aromatic heterocycles. The predicted octanol–water partition coefficient (Wildman–Crippen LogP) is 2.12. The third-order valence-corrected chi connectivity index (χ3v) is 3.96. The Hall–Kier alpha value is -2.55. The third kappa shape index (κ3) is 2.63. The monoisotopic (exact) mass is 375 g/mol. The first kappa shape index (κ1) is 14.1. The first-order chi connectivity index (χ1) is 11.2. The van der Waals surface area contributed by atoms with Crippen molar-refractivity contribution in [2.45, 2.75) is 5.92 Å². The lowest BCUT2D eigenvalue weighted by Crippen LogP contribution is -2.48. The molecule has 0 atom stereocenters. The van der Waals surface area contributed by atoms with E-state index in [-0.39, 0.29) is 11.8 Å². The van der Waals surface area contributed by atoms with Gasteiger partial charge in [0.05, 0.1) is 12.1 Å². The van der Waals surface area contributed by atoms with Gasteiger partial charge in [-0.3, -0.25) is 9.78 Å². The lowest BCUT2D eigenvalue weighted by molar-refractivity contribution is 0.0535. The van der Waals surface area contributed by atoms with Gasteiger partial charge < -0.3 is 13.8 Å². The Bertz CT molecular complexity index is 841. The van der Waals surface area contributed by atoms with Gasteiger partial charge in [-0.05, 0) is 28.1 Å². The molecule has 1 fully saturated rings. The number of rotatable bonds is 3. The summed E-state index contributed by atoms with van der Waals surface area (Å²) in [5.74, 6) is 1.07. The van der Waals surface area contributed by atoms with Crippen molar-refractivity contribution in [3.63, 3.8) is 0 Å². The molecule has 0 radical (unpaired) electrons. The number of carbonyl (C=O) groups is 1. The van der Waals surface area contributed by atoms with Gasteiger partial charge in [0.2, 0.25) is 11.7 Å². The van der Waals surface area contributed by atoms with Crippen LogP contribution in [0.2, 0.25) is 0 Å². The fourth-order valence-electron chi connectivity index (χ4n) is 2.31. The Labute approximate surface area is 138 Å². The Morgan fingerprint density at radius 1 is 1.30 bits per heavy atom. The Morgan fingerprint density at radius 2 is 2.17 bits per heavy atom. The molecule has 23 heavy (non-hydrogen) atoms. The molecule has 0 saturated carbocycles. The van der Waals surface area contributed by atoms with Crippen LogP contribution in [-0.2, 0) is 0 Å². The van der Waals surface area contributed by atoms with Crippen molar-refractivity contribution in [1.29, 1.82) is 0 Å². The molecule has 0 N–H and O–H groups in total. The number of nitrogens with zero attached hydrogens (tertiary/aromatic N) is 5. The predicted molar refractivity (Wildman–Crippen MR) is 80.4 cm³/mol. The van der Waals surface area contributed by atoms with Gasteiger partial charge in [-0.2, -0.15) is 4.98 Å². The number of halogens is 1. The summed E-state index contributed by atoms with van der Waals surface area (Å²) in [6.45, 7) is 1.03. The van der Waals surface area contributed by atoms with E-state index in [2.05, 4.69) is 36.0 Å². The molecule has 1 aliphatic heterocycles. The summed E-state index contributed by atoms with van der Waals surface area (Å²) in [7, 11) is 0. The van der Waals surface area contributed by atoms with Crippen molar-refractivity contribution < 1.29 is 13.7 Å². The Morgan fingerprint density at radius 3 is 2.87 bits per heavy atom. The van der Waals surface area contributed by atoms with Gasteiger partial charge in [0.25, 0.3) is 5.91 Å². The zero-order chi connectivity index (χ0) is 15.8. The molecule has 1 aliphatic rings. The van der Waals surface area contributed by atoms with Crippen LogP contribution in [0.1, 0.15) is 22.4 Å². The molecule has 0 bridgehead atoms. The molecular formula is C14H10BrN5O3. The fourth-order valence-corrected chi connectivity index (χ4v) is 2.61. The van der Waals surface area contributed by atoms with Crippen molar-refractivity contribution in [3.05, 3.63) is 47.0 Å². The maximum Gasteiger partial charge on any atom is 0.289 e. The number of furan rings is 1. The molecule has 3 aromatic rings. The van der Waals surface area contributed by atoms with Crippen molar-refractivity contribution in [1.82, 2.24) is 25.0 Å². The van der Waals surface area contributed by atoms with E-state index < -0.39 is 0 Å². The normalized spacial score (nSPS) is 14.7. The van der Waals surface area contributed by atoms with Crippen LogP contribution in [-0.4, -0.2) is 44.0 Å². The van der Waals surface area contributed by atoms with Crippen LogP contribution >= 0.6 is 15.9 Å². The zero-order valence-corrected chi connectivity index (χ0v) is 13.3. The number of carbonyl (C=O) groups excluding carboxylic acids is 1. The second kappa shape index (κ2) is 5.58. The number of aromatic nitrogens is 4. The summed E-state index contributed by atoms with van der Waals surface area (Å²) in [6.07, 6.45) is 4.71. The molecule has 9 heteroatoms. The molecule has 8 nitrogen and oxygen atoms in total. The van der Waals surface area contributed by atoms with E-state index in [9.17, 15) is 4.79 Å². The lowest BCUT2D eigenvalue weighted by atomic mass is 10.00. The quantitative estimate of drug-likeness (QED) is 0.691. The second-order valence-corrected chi connectivity index (χ2v) is 5.84. The summed E-state index contributed by atoms with van der Waals surface area (Å²) >= 11 is 3.18. The van der Waals surface area contributed by atoms with Crippen LogP contribution in [0.15, 0.2) is 44.3 Å².